The van der Waals surface area contributed by atoms with Crippen LogP contribution in [0.5, 0.6) is 0 Å². The third-order valence-corrected chi connectivity index (χ3v) is 4.21. The molecule has 1 atom stereocenters. The summed E-state index contributed by atoms with van der Waals surface area (Å²) in [4.78, 5) is 11.6. The molecule has 0 spiro atoms. The summed E-state index contributed by atoms with van der Waals surface area (Å²) in [5.41, 5.74) is 6.00. The zero-order chi connectivity index (χ0) is 15.3. The van der Waals surface area contributed by atoms with E-state index in [9.17, 15) is 13.2 Å². The number of nitrogens with two attached hydrogens (primary N) is 1. The van der Waals surface area contributed by atoms with Crippen LogP contribution in [0.4, 0.5) is 0 Å². The van der Waals surface area contributed by atoms with Gasteiger partial charge in [0.2, 0.25) is 10.0 Å². The summed E-state index contributed by atoms with van der Waals surface area (Å²) in [6.45, 7) is 3.25. The smallest absolute Gasteiger partial charge is 0.323 e. The van der Waals surface area contributed by atoms with Crippen LogP contribution in [-0.2, 0) is 19.6 Å². The number of rotatable bonds is 6. The third-order valence-electron chi connectivity index (χ3n) is 2.42. The van der Waals surface area contributed by atoms with Gasteiger partial charge in [0.25, 0.3) is 0 Å². The maximum absolute atomic E-state index is 12.0. The summed E-state index contributed by atoms with van der Waals surface area (Å²) in [7, 11) is -3.80. The average molecular weight is 316 g/mol. The number of sulfonamides is 1. The third kappa shape index (κ3) is 4.26. The highest BCUT2D eigenvalue weighted by atomic mass is 32.2. The quantitative estimate of drug-likeness (QED) is 0.587. The lowest BCUT2D eigenvalue weighted by atomic mass is 10.2. The van der Waals surface area contributed by atoms with E-state index in [4.69, 9.17) is 22.7 Å². The van der Waals surface area contributed by atoms with E-state index in [1.54, 1.807) is 6.92 Å². The molecular weight excluding hydrogens is 300 g/mol. The molecule has 0 saturated carbocycles. The molecule has 6 nitrogen and oxygen atoms in total. The van der Waals surface area contributed by atoms with Crippen LogP contribution in [0.3, 0.4) is 0 Å². The van der Waals surface area contributed by atoms with Gasteiger partial charge in [-0.05, 0) is 26.0 Å². The first-order valence-corrected chi connectivity index (χ1v) is 7.76. The summed E-state index contributed by atoms with van der Waals surface area (Å²) >= 11 is 4.78. The van der Waals surface area contributed by atoms with Crippen molar-refractivity contribution in [2.24, 2.45) is 5.73 Å². The van der Waals surface area contributed by atoms with E-state index in [1.165, 1.54) is 31.2 Å². The molecule has 1 aromatic carbocycles. The molecule has 1 aromatic rings. The van der Waals surface area contributed by atoms with Crippen molar-refractivity contribution >= 4 is 33.2 Å². The monoisotopic (exact) mass is 316 g/mol. The van der Waals surface area contributed by atoms with E-state index >= 15 is 0 Å². The molecule has 20 heavy (non-hydrogen) atoms. The molecule has 1 rings (SSSR count). The number of nitrogens with one attached hydrogen (secondary N) is 1. The molecule has 0 aliphatic rings. The molecule has 0 saturated heterocycles. The Morgan fingerprint density at radius 1 is 1.40 bits per heavy atom. The first-order valence-electron chi connectivity index (χ1n) is 5.86. The molecule has 110 valence electrons. The van der Waals surface area contributed by atoms with Crippen LogP contribution in [-0.4, -0.2) is 32.0 Å². The Bertz CT molecular complexity index is 596. The molecule has 1 unspecified atom stereocenters. The van der Waals surface area contributed by atoms with Crippen LogP contribution in [0, 0.1) is 0 Å². The number of carbonyl (C=O) groups excluding carboxylic acids is 1. The Hall–Kier alpha value is -1.51. The van der Waals surface area contributed by atoms with Gasteiger partial charge in [-0.2, -0.15) is 4.72 Å². The molecule has 8 heteroatoms. The molecular formula is C12H16N2O4S2. The van der Waals surface area contributed by atoms with Gasteiger partial charge in [-0.3, -0.25) is 4.79 Å². The van der Waals surface area contributed by atoms with Crippen molar-refractivity contribution < 1.29 is 17.9 Å². The first-order chi connectivity index (χ1) is 9.27. The number of esters is 1. The summed E-state index contributed by atoms with van der Waals surface area (Å²) in [5, 5.41) is 0. The Balaban J connectivity index is 2.88. The average Bonchev–Trinajstić information content (AvgIpc) is 2.38. The first kappa shape index (κ1) is 16.5. The predicted octanol–water partition coefficient (Wildman–Crippen LogP) is 0.551. The lowest BCUT2D eigenvalue weighted by molar-refractivity contribution is -0.144. The summed E-state index contributed by atoms with van der Waals surface area (Å²) in [5.74, 6) is -0.629. The molecule has 3 N–H and O–H groups in total. The highest BCUT2D eigenvalue weighted by Crippen LogP contribution is 2.11. The molecule has 0 aliphatic heterocycles. The fourth-order valence-electron chi connectivity index (χ4n) is 1.41. The van der Waals surface area contributed by atoms with Gasteiger partial charge >= 0.3 is 5.97 Å². The van der Waals surface area contributed by atoms with Crippen LogP contribution < -0.4 is 10.5 Å². The maximum atomic E-state index is 12.0. The minimum Gasteiger partial charge on any atom is -0.465 e. The fraction of sp³-hybridized carbons (Fsp3) is 0.333. The van der Waals surface area contributed by atoms with Crippen molar-refractivity contribution in [2.45, 2.75) is 24.8 Å². The number of hydrogen-bond acceptors (Lipinski definition) is 5. The Kier molecular flexibility index (Phi) is 5.61. The Morgan fingerprint density at radius 2 is 1.95 bits per heavy atom. The second-order valence-corrected chi connectivity index (χ2v) is 6.14. The molecule has 0 amide bonds. The van der Waals surface area contributed by atoms with Crippen LogP contribution in [0.2, 0.25) is 0 Å². The predicted molar refractivity (Wildman–Crippen MR) is 78.7 cm³/mol. The van der Waals surface area contributed by atoms with E-state index < -0.39 is 22.0 Å². The maximum Gasteiger partial charge on any atom is 0.323 e. The van der Waals surface area contributed by atoms with E-state index in [-0.39, 0.29) is 16.5 Å². The SMILES string of the molecule is CCOC(=O)C(C)NS(=O)(=O)c1ccc(C(N)=S)cc1. The summed E-state index contributed by atoms with van der Waals surface area (Å²) in [6, 6.07) is 4.79. The summed E-state index contributed by atoms with van der Waals surface area (Å²) < 4.78 is 31.1. The zero-order valence-electron chi connectivity index (χ0n) is 11.1. The van der Waals surface area contributed by atoms with Gasteiger partial charge in [0, 0.05) is 5.56 Å². The van der Waals surface area contributed by atoms with Crippen molar-refractivity contribution in [1.29, 1.82) is 0 Å². The Labute approximate surface area is 123 Å². The number of hydrogen-bond donors (Lipinski definition) is 2. The Morgan fingerprint density at radius 3 is 2.40 bits per heavy atom. The van der Waals surface area contributed by atoms with Gasteiger partial charge in [0.15, 0.2) is 0 Å². The minimum absolute atomic E-state index is 0.0219. The number of benzene rings is 1. The lowest BCUT2D eigenvalue weighted by Gasteiger charge is -2.13. The number of ether oxygens (including phenoxy) is 1. The second-order valence-electron chi connectivity index (χ2n) is 3.98. The number of thiocarbonyl (C=S) groups is 1. The van der Waals surface area contributed by atoms with E-state index in [2.05, 4.69) is 4.72 Å². The van der Waals surface area contributed by atoms with Crippen molar-refractivity contribution in [3.8, 4) is 0 Å². The topological polar surface area (TPSA) is 98.5 Å². The minimum atomic E-state index is -3.80. The van der Waals surface area contributed by atoms with Crippen molar-refractivity contribution in [1.82, 2.24) is 4.72 Å². The largest absolute Gasteiger partial charge is 0.465 e. The van der Waals surface area contributed by atoms with Gasteiger partial charge < -0.3 is 10.5 Å². The highest BCUT2D eigenvalue weighted by Gasteiger charge is 2.22. The zero-order valence-corrected chi connectivity index (χ0v) is 12.8. The van der Waals surface area contributed by atoms with Crippen LogP contribution >= 0.6 is 12.2 Å². The second kappa shape index (κ2) is 6.78. The van der Waals surface area contributed by atoms with Crippen LogP contribution in [0.1, 0.15) is 19.4 Å². The van der Waals surface area contributed by atoms with Gasteiger partial charge in [0.05, 0.1) is 11.5 Å². The van der Waals surface area contributed by atoms with Gasteiger partial charge in [0.1, 0.15) is 11.0 Å². The lowest BCUT2D eigenvalue weighted by Crippen LogP contribution is -2.39. The van der Waals surface area contributed by atoms with Gasteiger partial charge in [-0.1, -0.05) is 24.4 Å². The highest BCUT2D eigenvalue weighted by molar-refractivity contribution is 7.89. The normalized spacial score (nSPS) is 12.7. The molecule has 0 fully saturated rings. The van der Waals surface area contributed by atoms with E-state index in [1.807, 2.05) is 0 Å². The molecule has 0 aliphatic carbocycles. The van der Waals surface area contributed by atoms with E-state index in [0.717, 1.165) is 0 Å². The molecule has 0 radical (unpaired) electrons. The molecule has 0 bridgehead atoms. The summed E-state index contributed by atoms with van der Waals surface area (Å²) in [6.07, 6.45) is 0. The van der Waals surface area contributed by atoms with E-state index in [0.29, 0.717) is 5.56 Å². The molecule has 0 heterocycles. The van der Waals surface area contributed by atoms with Crippen molar-refractivity contribution in [2.75, 3.05) is 6.61 Å². The van der Waals surface area contributed by atoms with Gasteiger partial charge in [-0.25, -0.2) is 8.42 Å². The fourth-order valence-corrected chi connectivity index (χ4v) is 2.74. The van der Waals surface area contributed by atoms with Crippen LogP contribution in [0.25, 0.3) is 0 Å². The van der Waals surface area contributed by atoms with Crippen LogP contribution in [0.15, 0.2) is 29.2 Å². The number of carbonyl (C=O) groups is 1. The standard InChI is InChI=1S/C12H16N2O4S2/c1-3-18-12(15)8(2)14-20(16,17)10-6-4-9(5-7-10)11(13)19/h4-8,14H,3H2,1-2H3,(H2,13,19). The van der Waals surface area contributed by atoms with Crippen molar-refractivity contribution in [3.05, 3.63) is 29.8 Å². The van der Waals surface area contributed by atoms with Crippen molar-refractivity contribution in [3.63, 3.8) is 0 Å². The molecule has 0 aromatic heterocycles. The van der Waals surface area contributed by atoms with Gasteiger partial charge in [-0.15, -0.1) is 0 Å².